The number of carbonyl (C=O) groups excluding carboxylic acids is 1. The molecule has 198 valence electrons. The summed E-state index contributed by atoms with van der Waals surface area (Å²) in [5, 5.41) is 13.1. The Morgan fingerprint density at radius 3 is 2.55 bits per heavy atom. The van der Waals surface area contributed by atoms with Crippen molar-refractivity contribution in [2.24, 2.45) is 0 Å². The van der Waals surface area contributed by atoms with Crippen molar-refractivity contribution in [2.45, 2.75) is 38.4 Å². The van der Waals surface area contributed by atoms with Crippen LogP contribution in [0.5, 0.6) is 5.75 Å². The van der Waals surface area contributed by atoms with Gasteiger partial charge in [0.15, 0.2) is 5.82 Å². The quantitative estimate of drug-likeness (QED) is 0.402. The minimum atomic E-state index is -0.0910. The second kappa shape index (κ2) is 10.5. The minimum Gasteiger partial charge on any atom is -0.497 e. The van der Waals surface area contributed by atoms with E-state index in [9.17, 15) is 9.59 Å². The maximum absolute atomic E-state index is 13.5. The first-order valence-corrected chi connectivity index (χ1v) is 13.3. The summed E-state index contributed by atoms with van der Waals surface area (Å²) in [6, 6.07) is 15.6. The minimum absolute atomic E-state index is 0.0910. The third-order valence-electron chi connectivity index (χ3n) is 7.75. The summed E-state index contributed by atoms with van der Waals surface area (Å²) in [6.07, 6.45) is 2.83. The van der Waals surface area contributed by atoms with Gasteiger partial charge in [-0.25, -0.2) is 0 Å². The number of piperazine rings is 1. The number of fused-ring (bicyclic) bond motifs is 3. The van der Waals surface area contributed by atoms with Gasteiger partial charge in [0.05, 0.1) is 31.1 Å². The molecule has 0 aliphatic carbocycles. The highest BCUT2D eigenvalue weighted by molar-refractivity contribution is 5.80. The number of nitrogens with zero attached hydrogens (tertiary/aromatic N) is 6. The molecule has 0 bridgehead atoms. The predicted molar refractivity (Wildman–Crippen MR) is 144 cm³/mol. The van der Waals surface area contributed by atoms with Crippen LogP contribution < -0.4 is 15.6 Å². The molecule has 0 saturated carbocycles. The first-order valence-electron chi connectivity index (χ1n) is 13.3. The van der Waals surface area contributed by atoms with Gasteiger partial charge >= 0.3 is 0 Å². The molecule has 2 aliphatic rings. The smallest absolute Gasteiger partial charge is 0.263 e. The van der Waals surface area contributed by atoms with Crippen LogP contribution in [0.15, 0.2) is 53.3 Å². The molecule has 0 radical (unpaired) electrons. The van der Waals surface area contributed by atoms with E-state index in [4.69, 9.17) is 4.74 Å². The summed E-state index contributed by atoms with van der Waals surface area (Å²) >= 11 is 0. The van der Waals surface area contributed by atoms with Crippen molar-refractivity contribution < 1.29 is 9.53 Å². The van der Waals surface area contributed by atoms with Gasteiger partial charge in [-0.05, 0) is 49.2 Å². The Morgan fingerprint density at radius 2 is 1.82 bits per heavy atom. The molecule has 1 amide bonds. The Morgan fingerprint density at radius 1 is 1.03 bits per heavy atom. The topological polar surface area (TPSA) is 97.0 Å². The second-order valence-corrected chi connectivity index (χ2v) is 10.2. The van der Waals surface area contributed by atoms with Crippen molar-refractivity contribution in [2.75, 3.05) is 39.8 Å². The molecule has 2 aliphatic heterocycles. The maximum atomic E-state index is 13.5. The van der Waals surface area contributed by atoms with Crippen LogP contribution >= 0.6 is 0 Å². The fraction of sp³-hybridized carbons (Fsp3) is 0.429. The number of hydrogen-bond donors (Lipinski definition) is 1. The van der Waals surface area contributed by atoms with Crippen molar-refractivity contribution in [3.05, 3.63) is 70.3 Å². The van der Waals surface area contributed by atoms with Crippen LogP contribution in [0.2, 0.25) is 0 Å². The average Bonchev–Trinajstić information content (AvgIpc) is 3.62. The molecule has 10 nitrogen and oxygen atoms in total. The molecule has 1 atom stereocenters. The van der Waals surface area contributed by atoms with E-state index in [-0.39, 0.29) is 11.5 Å². The van der Waals surface area contributed by atoms with Crippen molar-refractivity contribution in [1.29, 1.82) is 0 Å². The normalized spacial score (nSPS) is 18.4. The van der Waals surface area contributed by atoms with E-state index in [1.807, 2.05) is 57.8 Å². The highest BCUT2D eigenvalue weighted by Gasteiger charge is 2.26. The molecule has 0 spiro atoms. The Labute approximate surface area is 220 Å². The average molecular weight is 516 g/mol. The molecule has 1 unspecified atom stereocenters. The molecular weight excluding hydrogens is 482 g/mol. The largest absolute Gasteiger partial charge is 0.497 e. The number of aromatic nitrogens is 4. The first kappa shape index (κ1) is 24.6. The van der Waals surface area contributed by atoms with E-state index < -0.39 is 0 Å². The van der Waals surface area contributed by atoms with Gasteiger partial charge in [-0.2, -0.15) is 0 Å². The van der Waals surface area contributed by atoms with Crippen LogP contribution in [0.4, 0.5) is 0 Å². The predicted octanol–water partition coefficient (Wildman–Crippen LogP) is 1.89. The number of carbonyl (C=O) groups is 1. The van der Waals surface area contributed by atoms with E-state index in [0.29, 0.717) is 49.8 Å². The molecule has 10 heteroatoms. The number of ether oxygens (including phenoxy) is 1. The van der Waals surface area contributed by atoms with Gasteiger partial charge in [-0.1, -0.05) is 24.3 Å². The molecule has 1 N–H and O–H groups in total. The molecule has 38 heavy (non-hydrogen) atoms. The van der Waals surface area contributed by atoms with Crippen LogP contribution in [0.1, 0.15) is 30.7 Å². The van der Waals surface area contributed by atoms with Crippen LogP contribution in [0, 0.1) is 0 Å². The molecule has 2 fully saturated rings. The van der Waals surface area contributed by atoms with Crippen molar-refractivity contribution in [3.8, 4) is 5.75 Å². The number of rotatable bonds is 7. The van der Waals surface area contributed by atoms with Gasteiger partial charge < -0.3 is 15.0 Å². The number of methoxy groups -OCH3 is 1. The van der Waals surface area contributed by atoms with Crippen LogP contribution in [-0.4, -0.2) is 80.7 Å². The number of para-hydroxylation sites is 1. The second-order valence-electron chi connectivity index (χ2n) is 10.2. The zero-order chi connectivity index (χ0) is 26.1. The van der Waals surface area contributed by atoms with Crippen molar-refractivity contribution >= 4 is 22.6 Å². The molecule has 2 saturated heterocycles. The lowest BCUT2D eigenvalue weighted by Crippen LogP contribution is -2.49. The summed E-state index contributed by atoms with van der Waals surface area (Å²) in [4.78, 5) is 30.5. The lowest BCUT2D eigenvalue weighted by atomic mass is 10.1. The molecule has 4 heterocycles. The van der Waals surface area contributed by atoms with Crippen LogP contribution in [-0.2, 0) is 17.9 Å². The summed E-state index contributed by atoms with van der Waals surface area (Å²) < 4.78 is 8.96. The monoisotopic (exact) mass is 515 g/mol. The first-order chi connectivity index (χ1) is 18.6. The number of benzene rings is 2. The van der Waals surface area contributed by atoms with E-state index in [2.05, 4.69) is 20.4 Å². The standard InChI is InChI=1S/C28H33N7O3/c1-38-22-10-8-20(9-11-22)18-34-27(37)23-6-2-3-7-24(23)35-25(30-31-28(34)35)19-32-13-15-33(16-14-32)26(36)17-21-5-4-12-29-21/h2-3,6-11,21,29H,4-5,12-19H2,1H3. The highest BCUT2D eigenvalue weighted by Crippen LogP contribution is 2.19. The highest BCUT2D eigenvalue weighted by atomic mass is 16.5. The third-order valence-corrected chi connectivity index (χ3v) is 7.75. The summed E-state index contributed by atoms with van der Waals surface area (Å²) in [5.74, 6) is 2.32. The Hall–Kier alpha value is -3.76. The Kier molecular flexibility index (Phi) is 6.82. The maximum Gasteiger partial charge on any atom is 0.263 e. The molecular formula is C28H33N7O3. The Balaban J connectivity index is 1.24. The van der Waals surface area contributed by atoms with Gasteiger partial charge in [0.25, 0.3) is 5.56 Å². The number of amides is 1. The fourth-order valence-corrected chi connectivity index (χ4v) is 5.60. The molecule has 6 rings (SSSR count). The SMILES string of the molecule is COc1ccc(Cn2c(=O)c3ccccc3n3c(CN4CCN(C(=O)CC5CCCN5)CC4)nnc23)cc1. The van der Waals surface area contributed by atoms with E-state index in [1.165, 1.54) is 0 Å². The summed E-state index contributed by atoms with van der Waals surface area (Å²) in [5.41, 5.74) is 1.69. The van der Waals surface area contributed by atoms with Crippen LogP contribution in [0.25, 0.3) is 16.7 Å². The van der Waals surface area contributed by atoms with Gasteiger partial charge in [0.1, 0.15) is 5.75 Å². The van der Waals surface area contributed by atoms with E-state index in [0.717, 1.165) is 55.1 Å². The third kappa shape index (κ3) is 4.77. The zero-order valence-corrected chi connectivity index (χ0v) is 21.7. The fourth-order valence-electron chi connectivity index (χ4n) is 5.60. The van der Waals surface area contributed by atoms with Crippen molar-refractivity contribution in [1.82, 2.24) is 34.3 Å². The molecule has 2 aromatic carbocycles. The van der Waals surface area contributed by atoms with E-state index in [1.54, 1.807) is 11.7 Å². The van der Waals surface area contributed by atoms with Gasteiger partial charge in [0.2, 0.25) is 11.7 Å². The summed E-state index contributed by atoms with van der Waals surface area (Å²) in [6.45, 7) is 4.98. The Bertz CT molecular complexity index is 1500. The van der Waals surface area contributed by atoms with E-state index >= 15 is 0 Å². The molecule has 2 aromatic heterocycles. The molecule has 4 aromatic rings. The number of nitrogens with one attached hydrogen (secondary N) is 1. The lowest BCUT2D eigenvalue weighted by Gasteiger charge is -2.34. The zero-order valence-electron chi connectivity index (χ0n) is 21.7. The number of hydrogen-bond acceptors (Lipinski definition) is 7. The van der Waals surface area contributed by atoms with Crippen LogP contribution in [0.3, 0.4) is 0 Å². The van der Waals surface area contributed by atoms with Gasteiger partial charge in [-0.15, -0.1) is 10.2 Å². The van der Waals surface area contributed by atoms with Crippen molar-refractivity contribution in [3.63, 3.8) is 0 Å². The summed E-state index contributed by atoms with van der Waals surface area (Å²) in [7, 11) is 1.63. The van der Waals surface area contributed by atoms with Gasteiger partial charge in [-0.3, -0.25) is 23.5 Å². The lowest BCUT2D eigenvalue weighted by molar-refractivity contribution is -0.133. The van der Waals surface area contributed by atoms with Gasteiger partial charge in [0, 0.05) is 38.6 Å².